The molecule has 0 spiro atoms. The Morgan fingerprint density at radius 3 is 1.89 bits per heavy atom. The highest BCUT2D eigenvalue weighted by Crippen LogP contribution is 2.64. The Labute approximate surface area is 263 Å². The van der Waals surface area contributed by atoms with Gasteiger partial charge in [0.05, 0.1) is 11.2 Å². The van der Waals surface area contributed by atoms with Crippen LogP contribution < -0.4 is 5.32 Å². The minimum absolute atomic E-state index is 0.0152. The van der Waals surface area contributed by atoms with E-state index >= 15 is 0 Å². The lowest BCUT2D eigenvalue weighted by molar-refractivity contribution is -0.128. The number of rotatable bonds is 8. The van der Waals surface area contributed by atoms with E-state index in [1.54, 1.807) is 0 Å². The summed E-state index contributed by atoms with van der Waals surface area (Å²) >= 11 is 0. The summed E-state index contributed by atoms with van der Waals surface area (Å²) in [5.74, 6) is 1.06. The van der Waals surface area contributed by atoms with Crippen LogP contribution in [0, 0.1) is 22.7 Å². The van der Waals surface area contributed by atoms with Gasteiger partial charge in [-0.25, -0.2) is 0 Å². The van der Waals surface area contributed by atoms with Crippen molar-refractivity contribution in [3.05, 3.63) is 108 Å². The van der Waals surface area contributed by atoms with Crippen LogP contribution in [-0.4, -0.2) is 54.6 Å². The summed E-state index contributed by atoms with van der Waals surface area (Å²) in [6.45, 7) is 7.30. The van der Waals surface area contributed by atoms with E-state index in [-0.39, 0.29) is 17.1 Å². The fourth-order valence-electron chi connectivity index (χ4n) is 8.95. The maximum Gasteiger partial charge on any atom is 0.265 e. The maximum absolute atomic E-state index is 11.9. The second-order valence-electron chi connectivity index (χ2n) is 13.9. The van der Waals surface area contributed by atoms with Crippen LogP contribution in [0.25, 0.3) is 0 Å². The molecule has 2 N–H and O–H groups in total. The van der Waals surface area contributed by atoms with E-state index in [4.69, 9.17) is 4.55 Å². The Hall–Kier alpha value is -2.84. The summed E-state index contributed by atoms with van der Waals surface area (Å²) in [5.41, 5.74) is 3.12. The number of nitrogens with one attached hydrogen (secondary N) is 1. The second kappa shape index (κ2) is 12.5. The molecule has 8 rings (SSSR count). The number of carbonyl (C=O) groups excluding carboxylic acids is 1. The number of ketones is 1. The van der Waals surface area contributed by atoms with Crippen LogP contribution in [0.2, 0.25) is 0 Å². The Morgan fingerprint density at radius 2 is 1.41 bits per heavy atom. The van der Waals surface area contributed by atoms with Gasteiger partial charge in [0.2, 0.25) is 0 Å². The molecular formula is C37H46N2O4S. The predicted octanol–water partition coefficient (Wildman–Crippen LogP) is 6.34. The zero-order valence-electron chi connectivity index (χ0n) is 25.9. The molecule has 0 radical (unpaired) electrons. The molecule has 0 amide bonds. The van der Waals surface area contributed by atoms with Crippen molar-refractivity contribution in [1.82, 2.24) is 10.2 Å². The molecule has 6 nitrogen and oxygen atoms in total. The molecule has 4 bridgehead atoms. The molecule has 1 unspecified atom stereocenters. The number of fused-ring (bicyclic) bond motifs is 5. The van der Waals surface area contributed by atoms with E-state index in [9.17, 15) is 13.2 Å². The topological polar surface area (TPSA) is 86.7 Å². The van der Waals surface area contributed by atoms with Crippen molar-refractivity contribution in [2.24, 2.45) is 22.7 Å². The van der Waals surface area contributed by atoms with Crippen LogP contribution in [-0.2, 0) is 21.5 Å². The standard InChI is InChI=1S/C27H30N2.C10H16O4S/c1-4-10-21(11-5-1)20-28-26-24-16-18-29(19-17-24)27(26)25(22-12-6-2-7-13-22)23-14-8-3-9-15-23;1-9(2)7-3-4-10(9,8(11)5-7)6-15(12,13)14/h1-15,24-28H,16-20H2;7H,3-6H2,1-2H3,(H,12,13,14)/t26-,27+;7?,10-/m10/s1. The Balaban J connectivity index is 0.000000193. The van der Waals surface area contributed by atoms with Crippen molar-refractivity contribution in [1.29, 1.82) is 0 Å². The van der Waals surface area contributed by atoms with Gasteiger partial charge in [-0.15, -0.1) is 0 Å². The molecule has 5 fully saturated rings. The maximum atomic E-state index is 11.9. The van der Waals surface area contributed by atoms with Crippen LogP contribution in [0.15, 0.2) is 91.0 Å². The van der Waals surface area contributed by atoms with Gasteiger partial charge in [-0.2, -0.15) is 8.42 Å². The second-order valence-corrected chi connectivity index (χ2v) is 15.4. The summed E-state index contributed by atoms with van der Waals surface area (Å²) in [5, 5.41) is 4.00. The highest BCUT2D eigenvalue weighted by molar-refractivity contribution is 7.85. The molecule has 4 atom stereocenters. The lowest BCUT2D eigenvalue weighted by atomic mass is 9.70. The van der Waals surface area contributed by atoms with E-state index in [1.807, 2.05) is 13.8 Å². The third kappa shape index (κ3) is 6.04. The molecule has 3 aliphatic heterocycles. The molecular weight excluding hydrogens is 568 g/mol. The van der Waals surface area contributed by atoms with Crippen molar-refractivity contribution < 1.29 is 17.8 Å². The molecule has 7 heteroatoms. The number of Topliss-reactive ketones (excluding diaryl/α,β-unsaturated/α-hetero) is 1. The van der Waals surface area contributed by atoms with Crippen molar-refractivity contribution in [2.75, 3.05) is 18.8 Å². The van der Waals surface area contributed by atoms with Gasteiger partial charge in [0.1, 0.15) is 5.78 Å². The normalized spacial score (nSPS) is 30.3. The molecule has 44 heavy (non-hydrogen) atoms. The summed E-state index contributed by atoms with van der Waals surface area (Å²) in [6, 6.07) is 34.1. The molecule has 3 aromatic carbocycles. The molecule has 2 saturated carbocycles. The third-order valence-corrected chi connectivity index (χ3v) is 12.3. The van der Waals surface area contributed by atoms with Crippen LogP contribution in [0.3, 0.4) is 0 Å². The fraction of sp³-hybridized carbons (Fsp3) is 0.486. The van der Waals surface area contributed by atoms with E-state index in [0.29, 0.717) is 30.8 Å². The number of piperidine rings is 3. The zero-order chi connectivity index (χ0) is 31.0. The zero-order valence-corrected chi connectivity index (χ0v) is 26.8. The van der Waals surface area contributed by atoms with Gasteiger partial charge in [0, 0.05) is 31.0 Å². The van der Waals surface area contributed by atoms with E-state index < -0.39 is 21.3 Å². The molecule has 3 saturated heterocycles. The Kier molecular flexibility index (Phi) is 8.86. The molecule has 3 heterocycles. The van der Waals surface area contributed by atoms with Crippen LogP contribution in [0.5, 0.6) is 0 Å². The Bertz CT molecular complexity index is 1480. The van der Waals surface area contributed by atoms with Crippen molar-refractivity contribution in [2.45, 2.75) is 70.5 Å². The number of carbonyl (C=O) groups is 1. The van der Waals surface area contributed by atoms with Crippen LogP contribution >= 0.6 is 0 Å². The fourth-order valence-corrected chi connectivity index (χ4v) is 10.2. The van der Waals surface area contributed by atoms with Gasteiger partial charge < -0.3 is 5.32 Å². The third-order valence-electron chi connectivity index (χ3n) is 11.5. The molecule has 0 aromatic heterocycles. The summed E-state index contributed by atoms with van der Waals surface area (Å²) < 4.78 is 31.0. The first kappa shape index (κ1) is 31.2. The number of benzene rings is 3. The largest absolute Gasteiger partial charge is 0.308 e. The van der Waals surface area contributed by atoms with Gasteiger partial charge in [0.15, 0.2) is 0 Å². The molecule has 2 aliphatic carbocycles. The Morgan fingerprint density at radius 1 is 0.864 bits per heavy atom. The van der Waals surface area contributed by atoms with E-state index in [2.05, 4.69) is 101 Å². The van der Waals surface area contributed by atoms with Gasteiger partial charge in [-0.05, 0) is 72.7 Å². The lowest BCUT2D eigenvalue weighted by Crippen LogP contribution is -2.64. The molecule has 5 aliphatic rings. The van der Waals surface area contributed by atoms with Crippen molar-refractivity contribution >= 4 is 15.9 Å². The highest BCUT2D eigenvalue weighted by Gasteiger charge is 2.65. The number of hydrogen-bond donors (Lipinski definition) is 2. The minimum atomic E-state index is -4.08. The van der Waals surface area contributed by atoms with Gasteiger partial charge in [0.25, 0.3) is 10.1 Å². The SMILES string of the molecule is CC1(C)C2CC[C@]1(CS(=O)(=O)O)C(=O)C2.c1ccc(CN[C@@H]2C3CCN(CC3)[C@H]2C(c2ccccc2)c2ccccc2)cc1. The average Bonchev–Trinajstić information content (AvgIpc) is 3.37. The summed E-state index contributed by atoms with van der Waals surface area (Å²) in [4.78, 5) is 14.6. The first-order valence-electron chi connectivity index (χ1n) is 16.2. The lowest BCUT2D eigenvalue weighted by Gasteiger charge is -2.54. The van der Waals surface area contributed by atoms with Gasteiger partial charge in [-0.3, -0.25) is 14.2 Å². The van der Waals surface area contributed by atoms with Gasteiger partial charge in [-0.1, -0.05) is 105 Å². The minimum Gasteiger partial charge on any atom is -0.308 e. The number of hydrogen-bond acceptors (Lipinski definition) is 5. The van der Waals surface area contributed by atoms with Crippen LogP contribution in [0.1, 0.15) is 68.6 Å². The summed E-state index contributed by atoms with van der Waals surface area (Å²) in [7, 11) is -4.08. The van der Waals surface area contributed by atoms with Crippen molar-refractivity contribution in [3.63, 3.8) is 0 Å². The van der Waals surface area contributed by atoms with Crippen LogP contribution in [0.4, 0.5) is 0 Å². The van der Waals surface area contributed by atoms with E-state index in [0.717, 1.165) is 18.9 Å². The smallest absolute Gasteiger partial charge is 0.265 e. The van der Waals surface area contributed by atoms with E-state index in [1.165, 1.54) is 42.6 Å². The first-order chi connectivity index (χ1) is 21.1. The first-order valence-corrected chi connectivity index (χ1v) is 17.8. The molecule has 234 valence electrons. The summed E-state index contributed by atoms with van der Waals surface area (Å²) in [6.07, 6.45) is 4.61. The number of nitrogens with zero attached hydrogens (tertiary/aromatic N) is 1. The predicted molar refractivity (Wildman–Crippen MR) is 175 cm³/mol. The van der Waals surface area contributed by atoms with Gasteiger partial charge >= 0.3 is 0 Å². The highest BCUT2D eigenvalue weighted by atomic mass is 32.2. The quantitative estimate of drug-likeness (QED) is 0.288. The average molecular weight is 615 g/mol. The van der Waals surface area contributed by atoms with Crippen molar-refractivity contribution in [3.8, 4) is 0 Å². The molecule has 3 aromatic rings. The monoisotopic (exact) mass is 614 g/mol.